The lowest BCUT2D eigenvalue weighted by Gasteiger charge is -2.19. The quantitative estimate of drug-likeness (QED) is 0.641. The first kappa shape index (κ1) is 11.8. The second-order valence-corrected chi connectivity index (χ2v) is 4.84. The Balaban J connectivity index is 2.09. The summed E-state index contributed by atoms with van der Waals surface area (Å²) in [6, 6.07) is 0.654. The number of hydrogen-bond donors (Lipinski definition) is 1. The number of nitrogens with one attached hydrogen (secondary N) is 1. The Bertz CT molecular complexity index is 165. The molecule has 0 bridgehead atoms. The van der Waals surface area contributed by atoms with Crippen LogP contribution >= 0.6 is 0 Å². The van der Waals surface area contributed by atoms with Gasteiger partial charge in [-0.1, -0.05) is 25.8 Å². The van der Waals surface area contributed by atoms with Crippen molar-refractivity contribution < 1.29 is 0 Å². The molecular weight excluding hydrogens is 170 g/mol. The standard InChI is InChI=1S/C13H25N/c1-4-5-8-12(3)14-10-13-9-6-7-11(13)2/h4,11-14H,1,5-10H2,2-3H3. The van der Waals surface area contributed by atoms with E-state index in [0.29, 0.717) is 6.04 Å². The van der Waals surface area contributed by atoms with E-state index in [-0.39, 0.29) is 0 Å². The molecule has 14 heavy (non-hydrogen) atoms. The van der Waals surface area contributed by atoms with Gasteiger partial charge in [0.15, 0.2) is 0 Å². The van der Waals surface area contributed by atoms with Gasteiger partial charge in [-0.05, 0) is 44.6 Å². The second-order valence-electron chi connectivity index (χ2n) is 4.84. The fourth-order valence-corrected chi connectivity index (χ4v) is 2.35. The van der Waals surface area contributed by atoms with E-state index >= 15 is 0 Å². The number of allylic oxidation sites excluding steroid dienone is 1. The molecule has 3 unspecified atom stereocenters. The lowest BCUT2D eigenvalue weighted by atomic mass is 9.98. The van der Waals surface area contributed by atoms with Crippen LogP contribution in [0.5, 0.6) is 0 Å². The molecule has 1 saturated carbocycles. The summed E-state index contributed by atoms with van der Waals surface area (Å²) in [4.78, 5) is 0. The maximum Gasteiger partial charge on any atom is 0.00417 e. The van der Waals surface area contributed by atoms with Crippen molar-refractivity contribution >= 4 is 0 Å². The first-order valence-corrected chi connectivity index (χ1v) is 6.08. The average molecular weight is 195 g/mol. The zero-order valence-electron chi connectivity index (χ0n) is 9.76. The summed E-state index contributed by atoms with van der Waals surface area (Å²) in [6.45, 7) is 9.65. The van der Waals surface area contributed by atoms with Crippen LogP contribution in [0.4, 0.5) is 0 Å². The van der Waals surface area contributed by atoms with E-state index in [2.05, 4.69) is 25.7 Å². The van der Waals surface area contributed by atoms with Gasteiger partial charge in [0.2, 0.25) is 0 Å². The topological polar surface area (TPSA) is 12.0 Å². The Kier molecular flexibility index (Phi) is 5.24. The molecule has 1 fully saturated rings. The smallest absolute Gasteiger partial charge is 0.00417 e. The van der Waals surface area contributed by atoms with Gasteiger partial charge in [-0.15, -0.1) is 6.58 Å². The van der Waals surface area contributed by atoms with Crippen LogP contribution in [0.2, 0.25) is 0 Å². The summed E-state index contributed by atoms with van der Waals surface area (Å²) in [5, 5.41) is 3.64. The fraction of sp³-hybridized carbons (Fsp3) is 0.846. The van der Waals surface area contributed by atoms with E-state index in [1.165, 1.54) is 32.2 Å². The molecule has 1 N–H and O–H groups in total. The Morgan fingerprint density at radius 3 is 2.86 bits per heavy atom. The van der Waals surface area contributed by atoms with Crippen molar-refractivity contribution in [3.63, 3.8) is 0 Å². The van der Waals surface area contributed by atoms with E-state index < -0.39 is 0 Å². The van der Waals surface area contributed by atoms with Crippen molar-refractivity contribution in [3.8, 4) is 0 Å². The predicted octanol–water partition coefficient (Wildman–Crippen LogP) is 3.37. The minimum Gasteiger partial charge on any atom is -0.314 e. The van der Waals surface area contributed by atoms with Crippen molar-refractivity contribution in [2.75, 3.05) is 6.54 Å². The van der Waals surface area contributed by atoms with Crippen molar-refractivity contribution in [2.24, 2.45) is 11.8 Å². The lowest BCUT2D eigenvalue weighted by Crippen LogP contribution is -2.31. The molecule has 1 aliphatic carbocycles. The highest BCUT2D eigenvalue weighted by Gasteiger charge is 2.22. The second kappa shape index (κ2) is 6.23. The molecule has 0 saturated heterocycles. The van der Waals surface area contributed by atoms with Crippen molar-refractivity contribution in [1.29, 1.82) is 0 Å². The van der Waals surface area contributed by atoms with Gasteiger partial charge in [0.1, 0.15) is 0 Å². The zero-order chi connectivity index (χ0) is 10.4. The average Bonchev–Trinajstić information content (AvgIpc) is 2.58. The molecule has 0 aromatic carbocycles. The van der Waals surface area contributed by atoms with Crippen LogP contribution in [0, 0.1) is 11.8 Å². The van der Waals surface area contributed by atoms with E-state index in [0.717, 1.165) is 18.3 Å². The van der Waals surface area contributed by atoms with Gasteiger partial charge < -0.3 is 5.32 Å². The lowest BCUT2D eigenvalue weighted by molar-refractivity contribution is 0.367. The summed E-state index contributed by atoms with van der Waals surface area (Å²) in [6.07, 6.45) is 8.68. The van der Waals surface area contributed by atoms with Gasteiger partial charge in [-0.25, -0.2) is 0 Å². The van der Waals surface area contributed by atoms with E-state index in [9.17, 15) is 0 Å². The third kappa shape index (κ3) is 3.83. The minimum atomic E-state index is 0.654. The Labute approximate surface area is 89.0 Å². The normalized spacial score (nSPS) is 29.0. The summed E-state index contributed by atoms with van der Waals surface area (Å²) in [7, 11) is 0. The van der Waals surface area contributed by atoms with Crippen LogP contribution in [0.3, 0.4) is 0 Å². The SMILES string of the molecule is C=CCCC(C)NCC1CCCC1C. The highest BCUT2D eigenvalue weighted by molar-refractivity contribution is 4.78. The maximum atomic E-state index is 3.75. The molecule has 1 rings (SSSR count). The monoisotopic (exact) mass is 195 g/mol. The van der Waals surface area contributed by atoms with Crippen LogP contribution < -0.4 is 5.32 Å². The third-order valence-corrected chi connectivity index (χ3v) is 3.57. The van der Waals surface area contributed by atoms with E-state index in [1.54, 1.807) is 0 Å². The Hall–Kier alpha value is -0.300. The van der Waals surface area contributed by atoms with Gasteiger partial charge in [0.25, 0.3) is 0 Å². The molecule has 82 valence electrons. The predicted molar refractivity (Wildman–Crippen MR) is 63.4 cm³/mol. The van der Waals surface area contributed by atoms with Crippen LogP contribution in [-0.4, -0.2) is 12.6 Å². The Morgan fingerprint density at radius 1 is 1.50 bits per heavy atom. The molecule has 1 heteroatoms. The van der Waals surface area contributed by atoms with Gasteiger partial charge >= 0.3 is 0 Å². The van der Waals surface area contributed by atoms with Crippen molar-refractivity contribution in [1.82, 2.24) is 5.32 Å². The van der Waals surface area contributed by atoms with Crippen LogP contribution in [-0.2, 0) is 0 Å². The molecule has 0 amide bonds. The summed E-state index contributed by atoms with van der Waals surface area (Å²) in [5.41, 5.74) is 0. The minimum absolute atomic E-state index is 0.654. The molecule has 1 aliphatic rings. The molecule has 0 aliphatic heterocycles. The van der Waals surface area contributed by atoms with Crippen LogP contribution in [0.15, 0.2) is 12.7 Å². The third-order valence-electron chi connectivity index (χ3n) is 3.57. The zero-order valence-corrected chi connectivity index (χ0v) is 9.76. The summed E-state index contributed by atoms with van der Waals surface area (Å²) >= 11 is 0. The molecular formula is C13H25N. The Morgan fingerprint density at radius 2 is 2.29 bits per heavy atom. The van der Waals surface area contributed by atoms with Gasteiger partial charge in [-0.2, -0.15) is 0 Å². The van der Waals surface area contributed by atoms with Crippen molar-refractivity contribution in [3.05, 3.63) is 12.7 Å². The van der Waals surface area contributed by atoms with Gasteiger partial charge in [0.05, 0.1) is 0 Å². The van der Waals surface area contributed by atoms with Crippen LogP contribution in [0.1, 0.15) is 46.0 Å². The highest BCUT2D eigenvalue weighted by Crippen LogP contribution is 2.30. The highest BCUT2D eigenvalue weighted by atomic mass is 14.9. The maximum absolute atomic E-state index is 3.75. The molecule has 0 heterocycles. The number of hydrogen-bond acceptors (Lipinski definition) is 1. The largest absolute Gasteiger partial charge is 0.314 e. The van der Waals surface area contributed by atoms with Crippen molar-refractivity contribution in [2.45, 2.75) is 52.0 Å². The first-order valence-electron chi connectivity index (χ1n) is 6.08. The molecule has 1 nitrogen and oxygen atoms in total. The molecule has 3 atom stereocenters. The summed E-state index contributed by atoms with van der Waals surface area (Å²) in [5.74, 6) is 1.87. The first-order chi connectivity index (χ1) is 6.74. The fourth-order valence-electron chi connectivity index (χ4n) is 2.35. The molecule has 0 aromatic rings. The molecule has 0 radical (unpaired) electrons. The van der Waals surface area contributed by atoms with E-state index in [4.69, 9.17) is 0 Å². The van der Waals surface area contributed by atoms with Gasteiger partial charge in [0, 0.05) is 6.04 Å². The number of rotatable bonds is 6. The van der Waals surface area contributed by atoms with Gasteiger partial charge in [-0.3, -0.25) is 0 Å². The summed E-state index contributed by atoms with van der Waals surface area (Å²) < 4.78 is 0. The molecule has 0 spiro atoms. The van der Waals surface area contributed by atoms with Crippen LogP contribution in [0.25, 0.3) is 0 Å². The van der Waals surface area contributed by atoms with E-state index in [1.807, 2.05) is 6.08 Å². The molecule has 0 aromatic heterocycles.